The van der Waals surface area contributed by atoms with Gasteiger partial charge >= 0.3 is 0 Å². The van der Waals surface area contributed by atoms with Gasteiger partial charge in [0.2, 0.25) is 0 Å². The van der Waals surface area contributed by atoms with Gasteiger partial charge in [-0.2, -0.15) is 0 Å². The summed E-state index contributed by atoms with van der Waals surface area (Å²) in [6.45, 7) is 5.29. The van der Waals surface area contributed by atoms with E-state index in [0.717, 1.165) is 32.2 Å². The third-order valence-corrected chi connectivity index (χ3v) is 2.84. The molecule has 0 bridgehead atoms. The average molecular weight is 184 g/mol. The minimum Gasteiger partial charge on any atom is -0.374 e. The first-order chi connectivity index (χ1) is 6.34. The first kappa shape index (κ1) is 9.44. The molecule has 0 unspecified atom stereocenters. The Morgan fingerprint density at radius 2 is 2.23 bits per heavy atom. The maximum atomic E-state index is 5.65. The van der Waals surface area contributed by atoms with Crippen LogP contribution < -0.4 is 5.32 Å². The number of nitrogens with zero attached hydrogens (tertiary/aromatic N) is 1. The predicted octanol–water partition coefficient (Wildman–Crippen LogP) is 0.317. The molecule has 1 saturated carbocycles. The van der Waals surface area contributed by atoms with Crippen LogP contribution in [-0.2, 0) is 4.74 Å². The Morgan fingerprint density at radius 1 is 1.38 bits per heavy atom. The molecule has 3 heteroatoms. The van der Waals surface area contributed by atoms with E-state index in [1.165, 1.54) is 19.4 Å². The highest BCUT2D eigenvalue weighted by Gasteiger charge is 2.22. The fourth-order valence-electron chi connectivity index (χ4n) is 1.76. The molecule has 1 atom stereocenters. The second kappa shape index (κ2) is 4.40. The normalized spacial score (nSPS) is 30.7. The van der Waals surface area contributed by atoms with Crippen LogP contribution in [0.25, 0.3) is 0 Å². The van der Waals surface area contributed by atoms with Crippen LogP contribution in [0.5, 0.6) is 0 Å². The highest BCUT2D eigenvalue weighted by Crippen LogP contribution is 2.27. The molecule has 13 heavy (non-hydrogen) atoms. The fraction of sp³-hybridized carbons (Fsp3) is 1.00. The van der Waals surface area contributed by atoms with Crippen molar-refractivity contribution in [2.24, 2.45) is 5.92 Å². The van der Waals surface area contributed by atoms with E-state index in [1.807, 2.05) is 0 Å². The summed E-state index contributed by atoms with van der Waals surface area (Å²) in [7, 11) is 2.16. The van der Waals surface area contributed by atoms with Crippen LogP contribution in [0.15, 0.2) is 0 Å². The summed E-state index contributed by atoms with van der Waals surface area (Å²) in [4.78, 5) is 2.34. The van der Waals surface area contributed by atoms with Gasteiger partial charge in [-0.25, -0.2) is 0 Å². The largest absolute Gasteiger partial charge is 0.374 e. The maximum Gasteiger partial charge on any atom is 0.0826 e. The zero-order valence-corrected chi connectivity index (χ0v) is 8.46. The maximum absolute atomic E-state index is 5.65. The Kier molecular flexibility index (Phi) is 3.19. The molecular formula is C10H20N2O. The molecule has 0 aromatic rings. The number of hydrogen-bond acceptors (Lipinski definition) is 3. The molecular weight excluding hydrogens is 164 g/mol. The van der Waals surface area contributed by atoms with Crippen molar-refractivity contribution in [3.05, 3.63) is 0 Å². The topological polar surface area (TPSA) is 24.5 Å². The average Bonchev–Trinajstić information content (AvgIpc) is 2.88. The third kappa shape index (κ3) is 3.25. The number of hydrogen-bond donors (Lipinski definition) is 1. The van der Waals surface area contributed by atoms with Gasteiger partial charge in [-0.1, -0.05) is 0 Å². The summed E-state index contributed by atoms with van der Waals surface area (Å²) in [5.41, 5.74) is 0. The van der Waals surface area contributed by atoms with Crippen molar-refractivity contribution in [1.29, 1.82) is 0 Å². The van der Waals surface area contributed by atoms with E-state index >= 15 is 0 Å². The molecule has 0 amide bonds. The van der Waals surface area contributed by atoms with E-state index < -0.39 is 0 Å². The molecule has 0 aromatic heterocycles. The number of ether oxygens (including phenoxy) is 1. The first-order valence-electron chi connectivity index (χ1n) is 5.35. The molecule has 3 nitrogen and oxygen atoms in total. The van der Waals surface area contributed by atoms with Crippen LogP contribution in [0.2, 0.25) is 0 Å². The van der Waals surface area contributed by atoms with Crippen LogP contribution >= 0.6 is 0 Å². The van der Waals surface area contributed by atoms with Crippen molar-refractivity contribution in [3.8, 4) is 0 Å². The van der Waals surface area contributed by atoms with Gasteiger partial charge in [0, 0.05) is 19.6 Å². The Hall–Kier alpha value is -0.120. The number of morpholine rings is 1. The second-order valence-electron chi connectivity index (χ2n) is 4.36. The minimum absolute atomic E-state index is 0.414. The lowest BCUT2D eigenvalue weighted by atomic mass is 10.3. The van der Waals surface area contributed by atoms with Crippen molar-refractivity contribution in [2.45, 2.75) is 18.9 Å². The van der Waals surface area contributed by atoms with E-state index in [1.54, 1.807) is 0 Å². The molecule has 1 aliphatic carbocycles. The van der Waals surface area contributed by atoms with Gasteiger partial charge in [-0.05, 0) is 32.4 Å². The highest BCUT2D eigenvalue weighted by molar-refractivity contribution is 4.77. The van der Waals surface area contributed by atoms with Crippen LogP contribution in [-0.4, -0.2) is 50.8 Å². The van der Waals surface area contributed by atoms with Crippen LogP contribution in [0.4, 0.5) is 0 Å². The second-order valence-corrected chi connectivity index (χ2v) is 4.36. The van der Waals surface area contributed by atoms with E-state index in [-0.39, 0.29) is 0 Å². The van der Waals surface area contributed by atoms with Gasteiger partial charge in [0.1, 0.15) is 0 Å². The van der Waals surface area contributed by atoms with Gasteiger partial charge in [0.15, 0.2) is 0 Å². The minimum atomic E-state index is 0.414. The molecule has 1 heterocycles. The third-order valence-electron chi connectivity index (χ3n) is 2.84. The summed E-state index contributed by atoms with van der Waals surface area (Å²) in [5, 5.41) is 3.49. The van der Waals surface area contributed by atoms with Gasteiger partial charge in [0.05, 0.1) is 12.7 Å². The molecule has 0 radical (unpaired) electrons. The Balaban J connectivity index is 1.56. The summed E-state index contributed by atoms with van der Waals surface area (Å²) >= 11 is 0. The molecule has 2 fully saturated rings. The molecule has 1 saturated heterocycles. The molecule has 76 valence electrons. The molecule has 1 N–H and O–H groups in total. The summed E-state index contributed by atoms with van der Waals surface area (Å²) in [6.07, 6.45) is 3.27. The number of nitrogens with one attached hydrogen (secondary N) is 1. The molecule has 0 spiro atoms. The number of likely N-dealkylation sites (N-methyl/N-ethyl adjacent to an activating group) is 1. The SMILES string of the molecule is CN1CCO[C@H](CNCC2CC2)C1. The van der Waals surface area contributed by atoms with Crippen molar-refractivity contribution < 1.29 is 4.74 Å². The van der Waals surface area contributed by atoms with E-state index in [2.05, 4.69) is 17.3 Å². The summed E-state index contributed by atoms with van der Waals surface area (Å²) in [5.74, 6) is 0.973. The van der Waals surface area contributed by atoms with Crippen LogP contribution in [0.3, 0.4) is 0 Å². The summed E-state index contributed by atoms with van der Waals surface area (Å²) < 4.78 is 5.65. The lowest BCUT2D eigenvalue weighted by Crippen LogP contribution is -2.45. The monoisotopic (exact) mass is 184 g/mol. The Bertz CT molecular complexity index is 159. The lowest BCUT2D eigenvalue weighted by Gasteiger charge is -2.30. The lowest BCUT2D eigenvalue weighted by molar-refractivity contribution is -0.0180. The predicted molar refractivity (Wildman–Crippen MR) is 52.8 cm³/mol. The van der Waals surface area contributed by atoms with Crippen LogP contribution in [0.1, 0.15) is 12.8 Å². The standard InChI is InChI=1S/C10H20N2O/c1-12-4-5-13-10(8-12)7-11-6-9-2-3-9/h9-11H,2-8H2,1H3/t10-/m1/s1. The molecule has 2 rings (SSSR count). The smallest absolute Gasteiger partial charge is 0.0826 e. The van der Waals surface area contributed by atoms with E-state index in [9.17, 15) is 0 Å². The van der Waals surface area contributed by atoms with Crippen molar-refractivity contribution in [3.63, 3.8) is 0 Å². The van der Waals surface area contributed by atoms with E-state index in [4.69, 9.17) is 4.74 Å². The zero-order valence-electron chi connectivity index (χ0n) is 8.46. The van der Waals surface area contributed by atoms with Gasteiger partial charge in [0.25, 0.3) is 0 Å². The fourth-order valence-corrected chi connectivity index (χ4v) is 1.76. The molecule has 0 aromatic carbocycles. The Morgan fingerprint density at radius 3 is 2.92 bits per heavy atom. The van der Waals surface area contributed by atoms with E-state index in [0.29, 0.717) is 6.10 Å². The van der Waals surface area contributed by atoms with Crippen molar-refractivity contribution >= 4 is 0 Å². The molecule has 1 aliphatic heterocycles. The van der Waals surface area contributed by atoms with Crippen molar-refractivity contribution in [1.82, 2.24) is 10.2 Å². The quantitative estimate of drug-likeness (QED) is 0.681. The van der Waals surface area contributed by atoms with Gasteiger partial charge in [-0.3, -0.25) is 0 Å². The first-order valence-corrected chi connectivity index (χ1v) is 5.35. The van der Waals surface area contributed by atoms with Crippen LogP contribution in [0, 0.1) is 5.92 Å². The molecule has 2 aliphatic rings. The van der Waals surface area contributed by atoms with Gasteiger partial charge in [-0.15, -0.1) is 0 Å². The Labute approximate surface area is 80.4 Å². The number of rotatable bonds is 4. The van der Waals surface area contributed by atoms with Crippen molar-refractivity contribution in [2.75, 3.05) is 39.8 Å². The van der Waals surface area contributed by atoms with Gasteiger partial charge < -0.3 is 15.0 Å². The highest BCUT2D eigenvalue weighted by atomic mass is 16.5. The summed E-state index contributed by atoms with van der Waals surface area (Å²) in [6, 6.07) is 0. The zero-order chi connectivity index (χ0) is 9.10.